The van der Waals surface area contributed by atoms with E-state index in [1.54, 1.807) is 17.7 Å². The van der Waals surface area contributed by atoms with Crippen LogP contribution in [0.15, 0.2) is 6.33 Å². The Morgan fingerprint density at radius 1 is 1.48 bits per heavy atom. The fourth-order valence-corrected chi connectivity index (χ4v) is 4.28. The van der Waals surface area contributed by atoms with Crippen LogP contribution in [0.1, 0.15) is 58.3 Å². The zero-order chi connectivity index (χ0) is 16.4. The second kappa shape index (κ2) is 6.78. The van der Waals surface area contributed by atoms with E-state index >= 15 is 0 Å². The Kier molecular flexibility index (Phi) is 4.75. The van der Waals surface area contributed by atoms with Crippen LogP contribution in [0.5, 0.6) is 0 Å². The highest BCUT2D eigenvalue weighted by Crippen LogP contribution is 2.28. The van der Waals surface area contributed by atoms with Crippen LogP contribution in [0.25, 0.3) is 0 Å². The number of thiazole rings is 1. The van der Waals surface area contributed by atoms with E-state index in [0.29, 0.717) is 6.54 Å². The van der Waals surface area contributed by atoms with Crippen molar-refractivity contribution in [2.24, 2.45) is 7.05 Å². The molecule has 2 aromatic heterocycles. The van der Waals surface area contributed by atoms with Gasteiger partial charge in [-0.3, -0.25) is 4.79 Å². The Morgan fingerprint density at radius 2 is 2.30 bits per heavy atom. The lowest BCUT2D eigenvalue weighted by Crippen LogP contribution is -2.39. The second-order valence-electron chi connectivity index (χ2n) is 6.16. The molecule has 1 saturated heterocycles. The maximum Gasteiger partial charge on any atom is 0.265 e. The van der Waals surface area contributed by atoms with Crippen LogP contribution in [0, 0.1) is 6.92 Å². The summed E-state index contributed by atoms with van der Waals surface area (Å²) in [6.07, 6.45) is 5.78. The van der Waals surface area contributed by atoms with Gasteiger partial charge in [-0.15, -0.1) is 21.5 Å². The van der Waals surface area contributed by atoms with Gasteiger partial charge in [0.15, 0.2) is 0 Å². The maximum absolute atomic E-state index is 12.9. The van der Waals surface area contributed by atoms with Gasteiger partial charge in [0.2, 0.25) is 0 Å². The van der Waals surface area contributed by atoms with Gasteiger partial charge in [-0.2, -0.15) is 0 Å². The predicted octanol–water partition coefficient (Wildman–Crippen LogP) is 2.55. The van der Waals surface area contributed by atoms with E-state index in [4.69, 9.17) is 0 Å². The molecule has 23 heavy (non-hydrogen) atoms. The number of nitrogens with zero attached hydrogens (tertiary/aromatic N) is 5. The van der Waals surface area contributed by atoms with E-state index in [1.165, 1.54) is 0 Å². The Morgan fingerprint density at radius 3 is 3.00 bits per heavy atom. The van der Waals surface area contributed by atoms with Gasteiger partial charge in [-0.25, -0.2) is 4.98 Å². The molecule has 3 rings (SSSR count). The van der Waals surface area contributed by atoms with Gasteiger partial charge in [0, 0.05) is 26.1 Å². The summed E-state index contributed by atoms with van der Waals surface area (Å²) in [4.78, 5) is 20.2. The molecule has 1 atom stereocenters. The third-order valence-electron chi connectivity index (χ3n) is 4.32. The van der Waals surface area contributed by atoms with Crippen molar-refractivity contribution in [1.29, 1.82) is 0 Å². The highest BCUT2D eigenvalue weighted by molar-refractivity contribution is 7.13. The quantitative estimate of drug-likeness (QED) is 0.862. The first-order valence-corrected chi connectivity index (χ1v) is 9.01. The Labute approximate surface area is 140 Å². The van der Waals surface area contributed by atoms with E-state index in [2.05, 4.69) is 22.1 Å². The van der Waals surface area contributed by atoms with Gasteiger partial charge in [0.05, 0.1) is 10.7 Å². The molecule has 3 heterocycles. The van der Waals surface area contributed by atoms with Gasteiger partial charge in [0.1, 0.15) is 17.0 Å². The number of carbonyl (C=O) groups is 1. The highest BCUT2D eigenvalue weighted by Gasteiger charge is 2.29. The minimum absolute atomic E-state index is 0.120. The highest BCUT2D eigenvalue weighted by atomic mass is 32.1. The predicted molar refractivity (Wildman–Crippen MR) is 89.7 cm³/mol. The smallest absolute Gasteiger partial charge is 0.265 e. The number of rotatable bonds is 4. The molecule has 1 amide bonds. The first kappa shape index (κ1) is 16.1. The summed E-state index contributed by atoms with van der Waals surface area (Å²) in [7, 11) is 1.96. The van der Waals surface area contributed by atoms with Crippen molar-refractivity contribution in [3.63, 3.8) is 0 Å². The van der Waals surface area contributed by atoms with Crippen LogP contribution in [0.2, 0.25) is 0 Å². The normalized spacial score (nSPS) is 18.4. The monoisotopic (exact) mass is 333 g/mol. The number of piperidine rings is 1. The molecule has 1 unspecified atom stereocenters. The van der Waals surface area contributed by atoms with Gasteiger partial charge in [0.25, 0.3) is 5.91 Å². The number of amides is 1. The van der Waals surface area contributed by atoms with Crippen LogP contribution in [-0.2, 0) is 13.5 Å². The molecule has 0 bridgehead atoms. The number of carbonyl (C=O) groups excluding carboxylic acids is 1. The lowest BCUT2D eigenvalue weighted by atomic mass is 9.97. The van der Waals surface area contributed by atoms with E-state index in [9.17, 15) is 4.79 Å². The average Bonchev–Trinajstić information content (AvgIpc) is 3.13. The lowest BCUT2D eigenvalue weighted by Gasteiger charge is -2.32. The molecule has 0 saturated carbocycles. The summed E-state index contributed by atoms with van der Waals surface area (Å²) in [6, 6.07) is 0. The molecule has 124 valence electrons. The van der Waals surface area contributed by atoms with Crippen LogP contribution in [-0.4, -0.2) is 43.6 Å². The minimum atomic E-state index is 0.120. The molecule has 0 spiro atoms. The number of hydrogen-bond donors (Lipinski definition) is 0. The Balaban J connectivity index is 1.76. The molecule has 1 aliphatic heterocycles. The fourth-order valence-electron chi connectivity index (χ4n) is 3.15. The summed E-state index contributed by atoms with van der Waals surface area (Å²) < 4.78 is 1.95. The van der Waals surface area contributed by atoms with Gasteiger partial charge < -0.3 is 9.47 Å². The van der Waals surface area contributed by atoms with Crippen LogP contribution in [0.4, 0.5) is 0 Å². The number of aryl methyl sites for hydroxylation is 3. The lowest BCUT2D eigenvalue weighted by molar-refractivity contribution is 0.0707. The SMILES string of the molecule is CCCc1nc(C)c(C(=O)N2CCCC(c3nncn3C)C2)s1. The van der Waals surface area contributed by atoms with Crippen LogP contribution >= 0.6 is 11.3 Å². The first-order chi connectivity index (χ1) is 11.1. The van der Waals surface area contributed by atoms with Crippen LogP contribution in [0.3, 0.4) is 0 Å². The second-order valence-corrected chi connectivity index (χ2v) is 7.25. The number of aromatic nitrogens is 4. The van der Waals surface area contributed by atoms with Crippen molar-refractivity contribution in [2.75, 3.05) is 13.1 Å². The van der Waals surface area contributed by atoms with Gasteiger partial charge in [-0.1, -0.05) is 6.92 Å². The molecule has 0 N–H and O–H groups in total. The molecule has 7 heteroatoms. The van der Waals surface area contributed by atoms with Crippen molar-refractivity contribution in [2.45, 2.75) is 45.4 Å². The van der Waals surface area contributed by atoms with E-state index in [-0.39, 0.29) is 11.8 Å². The van der Waals surface area contributed by atoms with Crippen molar-refractivity contribution in [1.82, 2.24) is 24.6 Å². The van der Waals surface area contributed by atoms with Crippen molar-refractivity contribution < 1.29 is 4.79 Å². The zero-order valence-electron chi connectivity index (χ0n) is 13.9. The first-order valence-electron chi connectivity index (χ1n) is 8.19. The Bertz CT molecular complexity index is 692. The summed E-state index contributed by atoms with van der Waals surface area (Å²) in [5, 5.41) is 9.25. The molecular weight excluding hydrogens is 310 g/mol. The van der Waals surface area contributed by atoms with Crippen molar-refractivity contribution in [3.05, 3.63) is 27.7 Å². The molecule has 0 aromatic carbocycles. The maximum atomic E-state index is 12.9. The molecule has 6 nitrogen and oxygen atoms in total. The van der Waals surface area contributed by atoms with Gasteiger partial charge in [-0.05, 0) is 32.6 Å². The number of likely N-dealkylation sites (tertiary alicyclic amines) is 1. The number of hydrogen-bond acceptors (Lipinski definition) is 5. The third-order valence-corrected chi connectivity index (χ3v) is 5.52. The fraction of sp³-hybridized carbons (Fsp3) is 0.625. The average molecular weight is 333 g/mol. The molecule has 1 aliphatic rings. The summed E-state index contributed by atoms with van der Waals surface area (Å²) in [5.74, 6) is 1.35. The van der Waals surface area contributed by atoms with Crippen molar-refractivity contribution >= 4 is 17.2 Å². The summed E-state index contributed by atoms with van der Waals surface area (Å²) in [5.41, 5.74) is 0.865. The minimum Gasteiger partial charge on any atom is -0.337 e. The Hall–Kier alpha value is -1.76. The van der Waals surface area contributed by atoms with Gasteiger partial charge >= 0.3 is 0 Å². The van der Waals surface area contributed by atoms with E-state index in [0.717, 1.165) is 53.6 Å². The molecule has 0 radical (unpaired) electrons. The molecule has 0 aliphatic carbocycles. The van der Waals surface area contributed by atoms with E-state index in [1.807, 2.05) is 23.4 Å². The summed E-state index contributed by atoms with van der Waals surface area (Å²) >= 11 is 1.55. The molecular formula is C16H23N5OS. The topological polar surface area (TPSA) is 63.9 Å². The largest absolute Gasteiger partial charge is 0.337 e. The third kappa shape index (κ3) is 3.29. The van der Waals surface area contributed by atoms with Crippen molar-refractivity contribution in [3.8, 4) is 0 Å². The zero-order valence-corrected chi connectivity index (χ0v) is 14.8. The van der Waals surface area contributed by atoms with Crippen LogP contribution < -0.4 is 0 Å². The molecule has 1 fully saturated rings. The molecule has 2 aromatic rings. The van der Waals surface area contributed by atoms with E-state index < -0.39 is 0 Å². The standard InChI is InChI=1S/C16H23N5OS/c1-4-6-13-18-11(2)14(23-13)16(22)21-8-5-7-12(9-21)15-19-17-10-20(15)3/h10,12H,4-9H2,1-3H3. The summed E-state index contributed by atoms with van der Waals surface area (Å²) in [6.45, 7) is 5.60.